The van der Waals surface area contributed by atoms with Crippen molar-refractivity contribution in [3.8, 4) is 0 Å². The highest BCUT2D eigenvalue weighted by atomic mass is 32.2. The number of nitrogens with two attached hydrogens (primary N) is 1. The summed E-state index contributed by atoms with van der Waals surface area (Å²) in [5, 5.41) is 44.2. The number of hydrogen-bond acceptors (Lipinski definition) is 19. The monoisotopic (exact) mass is 855 g/mol. The first-order valence-corrected chi connectivity index (χ1v) is 20.9. The molecule has 0 bridgehead atoms. The molecule has 54 heavy (non-hydrogen) atoms. The Morgan fingerprint density at radius 1 is 1.06 bits per heavy atom. The minimum absolute atomic E-state index is 0.0207. The van der Waals surface area contributed by atoms with Crippen LogP contribution in [0.15, 0.2) is 12.7 Å². The molecule has 30 heteroatoms. The normalized spacial score (nSPS) is 22.6. The number of aromatic nitrogens is 4. The number of amides is 2. The fraction of sp³-hybridized carbons (Fsp3) is 0.667. The average molecular weight is 856 g/mol. The summed E-state index contributed by atoms with van der Waals surface area (Å²) >= 11 is 0.912. The van der Waals surface area contributed by atoms with Gasteiger partial charge in [-0.3, -0.25) is 32.5 Å². The highest BCUT2D eigenvalue weighted by molar-refractivity contribution is 7.99. The number of aliphatic hydroxyl groups excluding tert-OH is 3. The molecule has 4 unspecified atom stereocenters. The third-order valence-electron chi connectivity index (χ3n) is 7.16. The molecule has 3 heterocycles. The number of carbonyl (C=O) groups is 3. The van der Waals surface area contributed by atoms with Crippen LogP contribution in [0, 0.1) is 5.41 Å². The van der Waals surface area contributed by atoms with E-state index in [1.165, 1.54) is 13.8 Å². The summed E-state index contributed by atoms with van der Waals surface area (Å²) < 4.78 is 61.8. The number of carboxylic acids is 1. The van der Waals surface area contributed by atoms with Gasteiger partial charge in [-0.2, -0.15) is 4.31 Å². The molecule has 1 aliphatic heterocycles. The molecule has 1 fully saturated rings. The molecule has 0 saturated carbocycles. The molecule has 0 spiro atoms. The molecular formula is C24H40N7O19P3S. The van der Waals surface area contributed by atoms with Crippen molar-refractivity contribution in [2.75, 3.05) is 37.8 Å². The molecule has 1 saturated heterocycles. The molecule has 0 aromatic carbocycles. The number of anilines is 1. The van der Waals surface area contributed by atoms with Gasteiger partial charge < -0.3 is 61.1 Å². The van der Waals surface area contributed by atoms with Crippen molar-refractivity contribution >= 4 is 70.0 Å². The Balaban J connectivity index is 1.51. The number of fused-ring (bicyclic) bond motifs is 1. The molecule has 26 nitrogen and oxygen atoms in total. The molecule has 2 amide bonds. The Bertz CT molecular complexity index is 1780. The Kier molecular flexibility index (Phi) is 16.1. The van der Waals surface area contributed by atoms with E-state index < -0.39 is 102 Å². The largest absolute Gasteiger partial charge is 0.481 e. The third-order valence-corrected chi connectivity index (χ3v) is 11.3. The molecule has 0 radical (unpaired) electrons. The van der Waals surface area contributed by atoms with Gasteiger partial charge in [-0.25, -0.2) is 28.6 Å². The van der Waals surface area contributed by atoms with Gasteiger partial charge >= 0.3 is 29.4 Å². The molecule has 2 aromatic rings. The Morgan fingerprint density at radius 3 is 2.37 bits per heavy atom. The number of thioether (sulfide) groups is 1. The van der Waals surface area contributed by atoms with Crippen molar-refractivity contribution in [2.45, 2.75) is 62.8 Å². The van der Waals surface area contributed by atoms with Crippen molar-refractivity contribution in [3.63, 3.8) is 0 Å². The lowest BCUT2D eigenvalue weighted by molar-refractivity contribution is -0.138. The first kappa shape index (κ1) is 45.7. The molecule has 3 rings (SSSR count). The van der Waals surface area contributed by atoms with E-state index in [4.69, 9.17) is 24.6 Å². The van der Waals surface area contributed by atoms with Crippen molar-refractivity contribution in [1.29, 1.82) is 0 Å². The van der Waals surface area contributed by atoms with E-state index in [-0.39, 0.29) is 42.2 Å². The van der Waals surface area contributed by atoms with Gasteiger partial charge in [-0.1, -0.05) is 13.8 Å². The second-order valence-corrected chi connectivity index (χ2v) is 17.5. The Labute approximate surface area is 309 Å². The maximum absolute atomic E-state index is 12.6. The highest BCUT2D eigenvalue weighted by Gasteiger charge is 2.50. The third kappa shape index (κ3) is 13.8. The van der Waals surface area contributed by atoms with E-state index in [1.807, 2.05) is 0 Å². The summed E-state index contributed by atoms with van der Waals surface area (Å²) in [6.45, 7) is 0.235. The maximum Gasteiger partial charge on any atom is 0.481 e. The average Bonchev–Trinajstić information content (AvgIpc) is 3.60. The fourth-order valence-corrected chi connectivity index (χ4v) is 8.11. The summed E-state index contributed by atoms with van der Waals surface area (Å²) in [7, 11) is -16.4. The van der Waals surface area contributed by atoms with Crippen LogP contribution in [-0.2, 0) is 50.7 Å². The van der Waals surface area contributed by atoms with Crippen molar-refractivity contribution in [2.24, 2.45) is 5.41 Å². The quantitative estimate of drug-likeness (QED) is 0.0344. The molecule has 1 aliphatic rings. The van der Waals surface area contributed by atoms with Gasteiger partial charge in [0.05, 0.1) is 26.0 Å². The van der Waals surface area contributed by atoms with Gasteiger partial charge in [-0.05, 0) is 0 Å². The minimum atomic E-state index is -5.58. The van der Waals surface area contributed by atoms with Gasteiger partial charge in [-0.15, -0.1) is 11.8 Å². The Morgan fingerprint density at radius 2 is 1.72 bits per heavy atom. The smallest absolute Gasteiger partial charge is 0.481 e. The number of nitrogen functional groups attached to an aromatic ring is 1. The van der Waals surface area contributed by atoms with Crippen LogP contribution < -0.4 is 16.4 Å². The van der Waals surface area contributed by atoms with Crippen LogP contribution >= 0.6 is 35.2 Å². The van der Waals surface area contributed by atoms with Crippen molar-refractivity contribution in [3.05, 3.63) is 12.7 Å². The first-order chi connectivity index (χ1) is 24.9. The number of rotatable bonds is 22. The zero-order valence-electron chi connectivity index (χ0n) is 28.3. The highest BCUT2D eigenvalue weighted by Crippen LogP contribution is 2.61. The predicted molar refractivity (Wildman–Crippen MR) is 180 cm³/mol. The summed E-state index contributed by atoms with van der Waals surface area (Å²) in [5.74, 6) is -2.55. The molecule has 0 aliphatic carbocycles. The summed E-state index contributed by atoms with van der Waals surface area (Å²) in [4.78, 5) is 85.8. The second kappa shape index (κ2) is 19.0. The minimum Gasteiger partial charge on any atom is -0.481 e. The van der Waals surface area contributed by atoms with Gasteiger partial charge in [0, 0.05) is 30.7 Å². The number of phosphoric acid groups is 3. The number of nitrogens with zero attached hydrogens (tertiary/aromatic N) is 4. The molecule has 306 valence electrons. The Hall–Kier alpha value is -2.68. The predicted octanol–water partition coefficient (Wildman–Crippen LogP) is -2.07. The lowest BCUT2D eigenvalue weighted by atomic mass is 9.87. The number of nitrogens with one attached hydrogen (secondary N) is 2. The van der Waals surface area contributed by atoms with E-state index >= 15 is 0 Å². The lowest BCUT2D eigenvalue weighted by Gasteiger charge is -2.30. The first-order valence-electron chi connectivity index (χ1n) is 15.3. The van der Waals surface area contributed by atoms with Crippen LogP contribution in [0.1, 0.15) is 32.9 Å². The van der Waals surface area contributed by atoms with Crippen molar-refractivity contribution in [1.82, 2.24) is 30.2 Å². The van der Waals surface area contributed by atoms with Crippen LogP contribution in [0.4, 0.5) is 5.82 Å². The second-order valence-electron chi connectivity index (χ2n) is 12.0. The van der Waals surface area contributed by atoms with E-state index in [0.717, 1.165) is 29.0 Å². The van der Waals surface area contributed by atoms with E-state index in [9.17, 15) is 63.0 Å². The molecular weight excluding hydrogens is 815 g/mol. The number of imidazole rings is 1. The molecule has 8 atom stereocenters. The zero-order chi connectivity index (χ0) is 40.6. The number of carbonyl (C=O) groups excluding carboxylic acids is 2. The fourth-order valence-electron chi connectivity index (χ4n) is 4.53. The van der Waals surface area contributed by atoms with Gasteiger partial charge in [0.15, 0.2) is 17.7 Å². The van der Waals surface area contributed by atoms with Gasteiger partial charge in [0.25, 0.3) is 0 Å². The number of phosphoric ester groups is 3. The van der Waals surface area contributed by atoms with E-state index in [0.29, 0.717) is 0 Å². The van der Waals surface area contributed by atoms with Crippen molar-refractivity contribution < 1.29 is 90.7 Å². The van der Waals surface area contributed by atoms with Crippen LogP contribution in [-0.4, -0.2) is 139 Å². The topological polar surface area (TPSA) is 404 Å². The number of ether oxygens (including phenoxy) is 1. The number of aliphatic hydroxyl groups is 3. The van der Waals surface area contributed by atoms with E-state index in [1.54, 1.807) is 0 Å². The zero-order valence-corrected chi connectivity index (χ0v) is 31.8. The van der Waals surface area contributed by atoms with Crippen LogP contribution in [0.5, 0.6) is 0 Å². The SMILES string of the molecule is CC(C)(COP(=O)(O)OP(=O)(O)OC[C@H]1O[C@@H](n2cnc3c(N)ncnc32)[C@H](O)[C@@H]1OP(=O)(O)O)C(O)C(=O)NCCC(=O)NCCSC(O)CC(=O)O. The maximum atomic E-state index is 12.6. The van der Waals surface area contributed by atoms with Gasteiger partial charge in [0.2, 0.25) is 11.8 Å². The lowest BCUT2D eigenvalue weighted by Crippen LogP contribution is -2.46. The van der Waals surface area contributed by atoms with Crippen LogP contribution in [0.3, 0.4) is 0 Å². The van der Waals surface area contributed by atoms with Crippen LogP contribution in [0.2, 0.25) is 0 Å². The van der Waals surface area contributed by atoms with Gasteiger partial charge in [0.1, 0.15) is 41.7 Å². The number of carboxylic acid groups (broad SMARTS) is 1. The van der Waals surface area contributed by atoms with E-state index in [2.05, 4.69) is 34.4 Å². The number of hydrogen-bond donors (Lipinski definition) is 11. The molecule has 12 N–H and O–H groups in total. The van der Waals surface area contributed by atoms with Crippen LogP contribution in [0.25, 0.3) is 11.2 Å². The summed E-state index contributed by atoms with van der Waals surface area (Å²) in [6, 6.07) is 0. The standard InChI is InChI=1S/C24H40N7O19P3S/c1-24(2,19(37)22(38)27-4-3-13(32)26-5-6-54-15(35)7-14(33)34)9-47-53(44,45)50-52(42,43)46-8-12-18(49-51(39,40)41)17(36)23(48-12)31-11-30-16-20(25)28-10-29-21(16)31/h10-12,15,17-19,23,35-37H,3-9H2,1-2H3,(H,26,32)(H,27,38)(H,33,34)(H,42,43)(H,44,45)(H2,25,28,29)(H2,39,40,41)/t12-,15?,17-,18-,19?,23-/m1/s1. The summed E-state index contributed by atoms with van der Waals surface area (Å²) in [5.41, 5.74) is 3.05. The molecule has 2 aromatic heterocycles. The summed E-state index contributed by atoms with van der Waals surface area (Å²) in [6.07, 6.45) is -7.54. The number of aliphatic carboxylic acids is 1.